The number of benzene rings is 1. The third kappa shape index (κ3) is 4.58. The Bertz CT molecular complexity index is 588. The van der Waals surface area contributed by atoms with Crippen molar-refractivity contribution >= 4 is 5.96 Å². The molecule has 0 spiro atoms. The number of rotatable bonds is 6. The highest BCUT2D eigenvalue weighted by Crippen LogP contribution is 2.08. The first-order valence-electron chi connectivity index (χ1n) is 7.59. The Labute approximate surface area is 131 Å². The molecule has 0 aliphatic rings. The van der Waals surface area contributed by atoms with Gasteiger partial charge in [0.2, 0.25) is 0 Å². The largest absolute Gasteiger partial charge is 0.356 e. The second kappa shape index (κ2) is 8.17. The van der Waals surface area contributed by atoms with Crippen LogP contribution < -0.4 is 10.6 Å². The van der Waals surface area contributed by atoms with Gasteiger partial charge in [-0.25, -0.2) is 0 Å². The number of aromatic nitrogens is 3. The highest BCUT2D eigenvalue weighted by Gasteiger charge is 2.07. The molecule has 1 heterocycles. The van der Waals surface area contributed by atoms with Crippen LogP contribution in [0.5, 0.6) is 0 Å². The van der Waals surface area contributed by atoms with Gasteiger partial charge < -0.3 is 10.6 Å². The molecule has 2 N–H and O–H groups in total. The number of guanidine groups is 1. The predicted molar refractivity (Wildman–Crippen MR) is 89.0 cm³/mol. The van der Waals surface area contributed by atoms with Gasteiger partial charge in [0.25, 0.3) is 0 Å². The van der Waals surface area contributed by atoms with E-state index in [-0.39, 0.29) is 0 Å². The molecule has 0 aliphatic carbocycles. The molecule has 0 radical (unpaired) electrons. The maximum Gasteiger partial charge on any atom is 0.191 e. The highest BCUT2D eigenvalue weighted by molar-refractivity contribution is 5.79. The summed E-state index contributed by atoms with van der Waals surface area (Å²) in [4.78, 5) is 4.22. The lowest BCUT2D eigenvalue weighted by Crippen LogP contribution is -2.38. The number of hydrogen-bond acceptors (Lipinski definition) is 3. The second-order valence-corrected chi connectivity index (χ2v) is 5.49. The summed E-state index contributed by atoms with van der Waals surface area (Å²) < 4.78 is 1.97. The van der Waals surface area contributed by atoms with Gasteiger partial charge in [0.05, 0.1) is 6.54 Å². The van der Waals surface area contributed by atoms with Gasteiger partial charge in [0.15, 0.2) is 11.8 Å². The molecule has 0 unspecified atom stereocenters. The van der Waals surface area contributed by atoms with Crippen LogP contribution in [-0.2, 0) is 6.54 Å². The fourth-order valence-electron chi connectivity index (χ4n) is 2.05. The molecule has 0 amide bonds. The van der Waals surface area contributed by atoms with Crippen LogP contribution in [-0.4, -0.2) is 34.3 Å². The maximum absolute atomic E-state index is 4.22. The summed E-state index contributed by atoms with van der Waals surface area (Å²) in [6, 6.07) is 10.1. The fourth-order valence-corrected chi connectivity index (χ4v) is 2.05. The van der Waals surface area contributed by atoms with E-state index in [0.717, 1.165) is 30.4 Å². The quantitative estimate of drug-likeness (QED) is 0.632. The van der Waals surface area contributed by atoms with Crippen LogP contribution in [0.3, 0.4) is 0 Å². The van der Waals surface area contributed by atoms with Gasteiger partial charge in [-0.1, -0.05) is 32.0 Å². The number of aliphatic imine (C=N–C) groups is 1. The van der Waals surface area contributed by atoms with Gasteiger partial charge in [0, 0.05) is 19.3 Å². The van der Waals surface area contributed by atoms with E-state index >= 15 is 0 Å². The van der Waals surface area contributed by atoms with Crippen molar-refractivity contribution in [3.05, 3.63) is 42.5 Å². The molecule has 0 saturated carbocycles. The Morgan fingerprint density at radius 1 is 1.23 bits per heavy atom. The summed E-state index contributed by atoms with van der Waals surface area (Å²) >= 11 is 0. The topological polar surface area (TPSA) is 67.1 Å². The first-order valence-corrected chi connectivity index (χ1v) is 7.59. The molecule has 0 aliphatic heterocycles. The van der Waals surface area contributed by atoms with Crippen molar-refractivity contribution in [1.82, 2.24) is 25.4 Å². The van der Waals surface area contributed by atoms with E-state index in [2.05, 4.69) is 39.7 Å². The van der Waals surface area contributed by atoms with E-state index in [1.165, 1.54) is 0 Å². The molecule has 2 rings (SSSR count). The molecule has 0 bridgehead atoms. The van der Waals surface area contributed by atoms with E-state index < -0.39 is 0 Å². The zero-order chi connectivity index (χ0) is 15.8. The molecule has 0 atom stereocenters. The highest BCUT2D eigenvalue weighted by atomic mass is 15.3. The number of nitrogens with zero attached hydrogens (tertiary/aromatic N) is 4. The van der Waals surface area contributed by atoms with Crippen LogP contribution in [0.4, 0.5) is 0 Å². The first-order chi connectivity index (χ1) is 10.7. The van der Waals surface area contributed by atoms with Crippen molar-refractivity contribution in [3.63, 3.8) is 0 Å². The van der Waals surface area contributed by atoms with Crippen molar-refractivity contribution in [2.75, 3.05) is 13.6 Å². The monoisotopic (exact) mass is 300 g/mol. The molecule has 118 valence electrons. The number of hydrogen-bond donors (Lipinski definition) is 2. The summed E-state index contributed by atoms with van der Waals surface area (Å²) in [5, 5.41) is 14.8. The molecule has 22 heavy (non-hydrogen) atoms. The number of nitrogens with one attached hydrogen (secondary N) is 2. The molecule has 0 fully saturated rings. The standard InChI is InChI=1S/C16H24N6/c1-13(2)9-10-18-16(17-3)19-11-15-21-20-12-22(15)14-7-5-4-6-8-14/h4-8,12-13H,9-11H2,1-3H3,(H2,17,18,19). The van der Waals surface area contributed by atoms with Crippen molar-refractivity contribution in [3.8, 4) is 5.69 Å². The van der Waals surface area contributed by atoms with Crippen LogP contribution in [0.25, 0.3) is 5.69 Å². The van der Waals surface area contributed by atoms with Crippen LogP contribution in [0, 0.1) is 5.92 Å². The van der Waals surface area contributed by atoms with Crippen molar-refractivity contribution in [2.45, 2.75) is 26.8 Å². The van der Waals surface area contributed by atoms with Gasteiger partial charge in [-0.05, 0) is 24.5 Å². The lowest BCUT2D eigenvalue weighted by molar-refractivity contribution is 0.573. The van der Waals surface area contributed by atoms with Crippen LogP contribution in [0.2, 0.25) is 0 Å². The summed E-state index contributed by atoms with van der Waals surface area (Å²) in [5.74, 6) is 2.30. The van der Waals surface area contributed by atoms with Crippen LogP contribution in [0.15, 0.2) is 41.7 Å². The number of para-hydroxylation sites is 1. The summed E-state index contributed by atoms with van der Waals surface area (Å²) in [6.45, 7) is 5.89. The Morgan fingerprint density at radius 3 is 2.68 bits per heavy atom. The summed E-state index contributed by atoms with van der Waals surface area (Å²) in [6.07, 6.45) is 2.84. The maximum atomic E-state index is 4.22. The minimum absolute atomic E-state index is 0.566. The first kappa shape index (κ1) is 16.0. The molecule has 1 aromatic heterocycles. The smallest absolute Gasteiger partial charge is 0.191 e. The Hall–Kier alpha value is -2.37. The molecular formula is C16H24N6. The van der Waals surface area contributed by atoms with Crippen LogP contribution in [0.1, 0.15) is 26.1 Å². The van der Waals surface area contributed by atoms with Crippen LogP contribution >= 0.6 is 0 Å². The predicted octanol–water partition coefficient (Wildman–Crippen LogP) is 1.98. The van der Waals surface area contributed by atoms with E-state index in [9.17, 15) is 0 Å². The summed E-state index contributed by atoms with van der Waals surface area (Å²) in [7, 11) is 1.77. The lowest BCUT2D eigenvalue weighted by Gasteiger charge is -2.13. The molecular weight excluding hydrogens is 276 g/mol. The normalized spacial score (nSPS) is 11.7. The minimum Gasteiger partial charge on any atom is -0.356 e. The Morgan fingerprint density at radius 2 is 2.00 bits per heavy atom. The van der Waals surface area contributed by atoms with Gasteiger partial charge in [0.1, 0.15) is 6.33 Å². The zero-order valence-corrected chi connectivity index (χ0v) is 13.5. The minimum atomic E-state index is 0.566. The Balaban J connectivity index is 1.93. The fraction of sp³-hybridized carbons (Fsp3) is 0.438. The van der Waals surface area contributed by atoms with Gasteiger partial charge in [-0.15, -0.1) is 10.2 Å². The average molecular weight is 300 g/mol. The third-order valence-corrected chi connectivity index (χ3v) is 3.30. The van der Waals surface area contributed by atoms with Gasteiger partial charge in [-0.2, -0.15) is 0 Å². The van der Waals surface area contributed by atoms with Crippen molar-refractivity contribution < 1.29 is 0 Å². The van der Waals surface area contributed by atoms with Crippen molar-refractivity contribution in [1.29, 1.82) is 0 Å². The average Bonchev–Trinajstić information content (AvgIpc) is 2.99. The zero-order valence-electron chi connectivity index (χ0n) is 13.5. The lowest BCUT2D eigenvalue weighted by atomic mass is 10.1. The SMILES string of the molecule is CN=C(NCCC(C)C)NCc1nncn1-c1ccccc1. The third-order valence-electron chi connectivity index (χ3n) is 3.30. The molecule has 2 aromatic rings. The molecule has 6 heteroatoms. The van der Waals surface area contributed by atoms with E-state index in [4.69, 9.17) is 0 Å². The van der Waals surface area contributed by atoms with E-state index in [1.807, 2.05) is 34.9 Å². The van der Waals surface area contributed by atoms with Crippen molar-refractivity contribution in [2.24, 2.45) is 10.9 Å². The summed E-state index contributed by atoms with van der Waals surface area (Å²) in [5.41, 5.74) is 1.05. The Kier molecular flexibility index (Phi) is 5.94. The van der Waals surface area contributed by atoms with E-state index in [1.54, 1.807) is 13.4 Å². The second-order valence-electron chi connectivity index (χ2n) is 5.49. The van der Waals surface area contributed by atoms with Gasteiger partial charge in [-0.3, -0.25) is 9.56 Å². The van der Waals surface area contributed by atoms with Gasteiger partial charge >= 0.3 is 0 Å². The molecule has 1 aromatic carbocycles. The molecule has 6 nitrogen and oxygen atoms in total. The van der Waals surface area contributed by atoms with E-state index in [0.29, 0.717) is 12.5 Å². The molecule has 0 saturated heterocycles.